The summed E-state index contributed by atoms with van der Waals surface area (Å²) in [7, 11) is 0. The van der Waals surface area contributed by atoms with Crippen molar-refractivity contribution < 1.29 is 58.6 Å². The molecule has 0 atom stereocenters. The van der Waals surface area contributed by atoms with Gasteiger partial charge < -0.3 is 39.4 Å². The molecule has 0 fully saturated rings. The number of phenolic OH excluding ortho intramolecular Hbond substituents is 4. The molecule has 0 unspecified atom stereocenters. The summed E-state index contributed by atoms with van der Waals surface area (Å²) in [6, 6.07) is 15.8. The van der Waals surface area contributed by atoms with Gasteiger partial charge in [-0.15, -0.1) is 0 Å². The lowest BCUT2D eigenvalue weighted by Crippen LogP contribution is -2.30. The van der Waals surface area contributed by atoms with Gasteiger partial charge in [0.25, 0.3) is 0 Å². The first-order chi connectivity index (χ1) is 40.4. The maximum absolute atomic E-state index is 13.8. The molecule has 0 amide bonds. The molecule has 0 saturated heterocycles. The van der Waals surface area contributed by atoms with Gasteiger partial charge in [0.05, 0.1) is 26.4 Å². The number of carbonyl (C=O) groups excluding carboxylic acids is 4. The Bertz CT molecular complexity index is 2540. The molecule has 4 aromatic carbocycles. The second-order valence-corrected chi connectivity index (χ2v) is 33.5. The van der Waals surface area contributed by atoms with Crippen molar-refractivity contribution in [1.82, 2.24) is 0 Å². The zero-order valence-corrected chi connectivity index (χ0v) is 59.5. The van der Waals surface area contributed by atoms with Crippen molar-refractivity contribution in [2.45, 2.75) is 287 Å². The number of phenols is 4. The molecule has 0 radical (unpaired) electrons. The number of aromatic hydroxyl groups is 4. The van der Waals surface area contributed by atoms with Gasteiger partial charge in [-0.3, -0.25) is 19.2 Å². The molecule has 12 nitrogen and oxygen atoms in total. The van der Waals surface area contributed by atoms with Gasteiger partial charge in [-0.2, -0.15) is 0 Å². The van der Waals surface area contributed by atoms with Crippen molar-refractivity contribution in [2.24, 2.45) is 5.41 Å². The molecular formula is C77H116O12. The number of carbonyl (C=O) groups is 4. The molecule has 0 aromatic heterocycles. The highest BCUT2D eigenvalue weighted by Crippen LogP contribution is 2.45. The Labute approximate surface area is 536 Å². The van der Waals surface area contributed by atoms with E-state index >= 15 is 0 Å². The smallest absolute Gasteiger partial charge is 0.306 e. The number of rotatable bonds is 24. The maximum Gasteiger partial charge on any atom is 0.306 e. The average Bonchev–Trinajstić information content (AvgIpc) is 0.873. The summed E-state index contributed by atoms with van der Waals surface area (Å²) in [5.41, 5.74) is 6.46. The quantitative estimate of drug-likeness (QED) is 0.0385. The monoisotopic (exact) mass is 1230 g/mol. The molecule has 0 bridgehead atoms. The maximum atomic E-state index is 13.8. The summed E-state index contributed by atoms with van der Waals surface area (Å²) < 4.78 is 24.2. The first kappa shape index (κ1) is 75.4. The van der Waals surface area contributed by atoms with Crippen LogP contribution < -0.4 is 0 Å². The van der Waals surface area contributed by atoms with Crippen LogP contribution in [0.1, 0.15) is 284 Å². The Kier molecular flexibility index (Phi) is 24.6. The molecule has 4 rings (SSSR count). The highest BCUT2D eigenvalue weighted by atomic mass is 16.5. The summed E-state index contributed by atoms with van der Waals surface area (Å²) in [6.07, 6.45) is 2.93. The molecule has 0 aliphatic rings. The van der Waals surface area contributed by atoms with Gasteiger partial charge in [0, 0.05) is 25.7 Å². The van der Waals surface area contributed by atoms with Crippen LogP contribution in [-0.2, 0) is 107 Å². The van der Waals surface area contributed by atoms with E-state index < -0.39 is 29.3 Å². The Morgan fingerprint density at radius 1 is 0.270 bits per heavy atom. The third kappa shape index (κ3) is 22.1. The minimum absolute atomic E-state index is 0.0159. The van der Waals surface area contributed by atoms with E-state index in [-0.39, 0.29) is 144 Å². The lowest BCUT2D eigenvalue weighted by Gasteiger charge is -2.33. The minimum Gasteiger partial charge on any atom is -0.507 e. The van der Waals surface area contributed by atoms with E-state index in [4.69, 9.17) is 18.9 Å². The van der Waals surface area contributed by atoms with Crippen LogP contribution in [-0.4, -0.2) is 70.7 Å². The van der Waals surface area contributed by atoms with E-state index in [0.717, 1.165) is 66.8 Å². The molecule has 4 aromatic rings. The van der Waals surface area contributed by atoms with E-state index in [2.05, 4.69) is 166 Å². The van der Waals surface area contributed by atoms with E-state index in [0.29, 0.717) is 25.7 Å². The average molecular weight is 1230 g/mol. The van der Waals surface area contributed by atoms with Crippen LogP contribution in [0, 0.1) is 5.41 Å². The van der Waals surface area contributed by atoms with Crippen molar-refractivity contribution in [3.8, 4) is 23.0 Å². The van der Waals surface area contributed by atoms with Crippen molar-refractivity contribution >= 4 is 23.9 Å². The van der Waals surface area contributed by atoms with Gasteiger partial charge in [0.1, 0.15) is 23.0 Å². The van der Waals surface area contributed by atoms with Gasteiger partial charge in [-0.05, 0) is 167 Å². The lowest BCUT2D eigenvalue weighted by molar-refractivity contribution is -0.146. The SMILES string of the molecule is CC(C)(C)c1cc(CCC(=O)OCCC(CCOC(=O)CCc2cc(C(C)(C)C)c(O)c(C(C)(C)C)c2)(CCOC(=O)CCc2cc(C(C)(C)C)c(O)c(C(C)(C)C)c2)CCOC(=O)CCc2cc(C(C)(C)C)c(O)c(C(C)(C)C)c2)cc(C(C)(C)C)c1O. The van der Waals surface area contributed by atoms with Crippen LogP contribution in [0.5, 0.6) is 23.0 Å². The molecular weight excluding hydrogens is 1120 g/mol. The van der Waals surface area contributed by atoms with Crippen LogP contribution in [0.25, 0.3) is 0 Å². The molecule has 89 heavy (non-hydrogen) atoms. The fraction of sp³-hybridized carbons (Fsp3) is 0.636. The van der Waals surface area contributed by atoms with Crippen LogP contribution in [0.4, 0.5) is 0 Å². The second kappa shape index (κ2) is 29.1. The fourth-order valence-electron chi connectivity index (χ4n) is 11.5. The minimum atomic E-state index is -0.832. The number of ether oxygens (including phenoxy) is 4. The van der Waals surface area contributed by atoms with Crippen molar-refractivity contribution in [2.75, 3.05) is 26.4 Å². The molecule has 0 aliphatic carbocycles. The van der Waals surface area contributed by atoms with Crippen LogP contribution >= 0.6 is 0 Å². The largest absolute Gasteiger partial charge is 0.507 e. The highest BCUT2D eigenvalue weighted by molar-refractivity contribution is 5.71. The fourth-order valence-corrected chi connectivity index (χ4v) is 11.5. The Morgan fingerprint density at radius 3 is 0.528 bits per heavy atom. The van der Waals surface area contributed by atoms with Crippen LogP contribution in [0.15, 0.2) is 48.5 Å². The molecule has 496 valence electrons. The second-order valence-electron chi connectivity index (χ2n) is 33.5. The molecule has 0 aliphatic heterocycles. The number of esters is 4. The summed E-state index contributed by atoms with van der Waals surface area (Å²) >= 11 is 0. The van der Waals surface area contributed by atoms with Crippen LogP contribution in [0.2, 0.25) is 0 Å². The molecule has 4 N–H and O–H groups in total. The Hall–Kier alpha value is -6.04. The number of hydrogen-bond donors (Lipinski definition) is 4. The van der Waals surface area contributed by atoms with E-state index in [9.17, 15) is 39.6 Å². The van der Waals surface area contributed by atoms with Gasteiger partial charge in [0.15, 0.2) is 0 Å². The first-order valence-electron chi connectivity index (χ1n) is 32.5. The Morgan fingerprint density at radius 2 is 0.404 bits per heavy atom. The van der Waals surface area contributed by atoms with Gasteiger partial charge in [-0.25, -0.2) is 0 Å². The molecule has 12 heteroatoms. The standard InChI is InChI=1S/C77H116O12/c1-69(2,3)53-41-49(42-54(65(53)82)70(4,5)6)25-29-61(78)86-37-33-77(34-38-87-62(79)30-26-50-43-55(71(7,8)9)66(83)56(44-50)72(10,11)12,35-39-88-63(80)31-27-51-45-57(73(13,14)15)67(84)58(46-51)74(16,17)18)36-40-89-64(81)32-28-52-47-59(75(19,20)21)68(85)60(48-52)76(22,23)24/h41-48,82-85H,25-40H2,1-24H3. The lowest BCUT2D eigenvalue weighted by atomic mass is 9.76. The number of benzene rings is 4. The first-order valence-corrected chi connectivity index (χ1v) is 32.5. The predicted octanol–water partition coefficient (Wildman–Crippen LogP) is 17.4. The van der Waals surface area contributed by atoms with E-state index in [1.807, 2.05) is 48.5 Å². The van der Waals surface area contributed by atoms with Gasteiger partial charge in [-0.1, -0.05) is 215 Å². The zero-order chi connectivity index (χ0) is 67.8. The number of hydrogen-bond acceptors (Lipinski definition) is 12. The predicted molar refractivity (Wildman–Crippen MR) is 360 cm³/mol. The molecule has 0 spiro atoms. The summed E-state index contributed by atoms with van der Waals surface area (Å²) in [6.45, 7) is 49.2. The van der Waals surface area contributed by atoms with Crippen molar-refractivity contribution in [3.05, 3.63) is 115 Å². The third-order valence-electron chi connectivity index (χ3n) is 17.2. The van der Waals surface area contributed by atoms with Gasteiger partial charge in [0.2, 0.25) is 0 Å². The van der Waals surface area contributed by atoms with Crippen LogP contribution in [0.3, 0.4) is 0 Å². The molecule has 0 saturated carbocycles. The third-order valence-corrected chi connectivity index (χ3v) is 17.2. The topological polar surface area (TPSA) is 186 Å². The molecule has 0 heterocycles. The Balaban J connectivity index is 1.67. The van der Waals surface area contributed by atoms with Crippen molar-refractivity contribution in [1.29, 1.82) is 0 Å². The van der Waals surface area contributed by atoms with E-state index in [1.54, 1.807) is 0 Å². The number of aryl methyl sites for hydroxylation is 4. The van der Waals surface area contributed by atoms with E-state index in [1.165, 1.54) is 0 Å². The highest BCUT2D eigenvalue weighted by Gasteiger charge is 2.35. The van der Waals surface area contributed by atoms with Crippen molar-refractivity contribution in [3.63, 3.8) is 0 Å². The van der Waals surface area contributed by atoms with Gasteiger partial charge >= 0.3 is 23.9 Å². The summed E-state index contributed by atoms with van der Waals surface area (Å²) in [5, 5.41) is 45.5. The normalized spacial score (nSPS) is 13.1. The zero-order valence-electron chi connectivity index (χ0n) is 59.5. The summed E-state index contributed by atoms with van der Waals surface area (Å²) in [4.78, 5) is 55.2. The summed E-state index contributed by atoms with van der Waals surface area (Å²) in [5.74, 6) is -0.607.